The van der Waals surface area contributed by atoms with Crippen molar-refractivity contribution in [1.82, 2.24) is 9.88 Å². The Morgan fingerprint density at radius 3 is 2.83 bits per heavy atom. The van der Waals surface area contributed by atoms with Gasteiger partial charge in [0.15, 0.2) is 0 Å². The molecule has 3 nitrogen and oxygen atoms in total. The Labute approximate surface area is 122 Å². The van der Waals surface area contributed by atoms with Crippen LogP contribution in [0.2, 0.25) is 5.15 Å². The van der Waals surface area contributed by atoms with E-state index >= 15 is 0 Å². The summed E-state index contributed by atoms with van der Waals surface area (Å²) in [5, 5.41) is 4.05. The van der Waals surface area contributed by atoms with E-state index in [4.69, 9.17) is 11.6 Å². The normalized spacial score (nSPS) is 17.9. The van der Waals surface area contributed by atoms with Crippen molar-refractivity contribution in [3.8, 4) is 0 Å². The lowest BCUT2D eigenvalue weighted by Gasteiger charge is -2.32. The summed E-state index contributed by atoms with van der Waals surface area (Å²) in [4.78, 5) is 6.67. The van der Waals surface area contributed by atoms with Gasteiger partial charge in [-0.15, -0.1) is 0 Å². The third-order valence-electron chi connectivity index (χ3n) is 3.29. The highest BCUT2D eigenvalue weighted by Gasteiger charge is 2.18. The van der Waals surface area contributed by atoms with Crippen LogP contribution in [0.3, 0.4) is 0 Å². The summed E-state index contributed by atoms with van der Waals surface area (Å²) in [6.07, 6.45) is 5.43. The summed E-state index contributed by atoms with van der Waals surface area (Å²) < 4.78 is 0.845. The minimum absolute atomic E-state index is 0.512. The molecule has 1 saturated heterocycles. The van der Waals surface area contributed by atoms with Crippen LogP contribution in [-0.2, 0) is 0 Å². The van der Waals surface area contributed by atoms with Gasteiger partial charge in [-0.05, 0) is 47.8 Å². The third kappa shape index (κ3) is 3.84. The van der Waals surface area contributed by atoms with Gasteiger partial charge in [-0.2, -0.15) is 0 Å². The van der Waals surface area contributed by atoms with Crippen molar-refractivity contribution in [2.45, 2.75) is 32.2 Å². The van der Waals surface area contributed by atoms with Crippen LogP contribution in [0.5, 0.6) is 0 Å². The second-order valence-corrected chi connectivity index (χ2v) is 5.97. The molecule has 18 heavy (non-hydrogen) atoms. The van der Waals surface area contributed by atoms with E-state index in [2.05, 4.69) is 38.1 Å². The van der Waals surface area contributed by atoms with Gasteiger partial charge in [-0.25, -0.2) is 4.98 Å². The van der Waals surface area contributed by atoms with Gasteiger partial charge in [-0.1, -0.05) is 18.5 Å². The first-order valence-electron chi connectivity index (χ1n) is 6.49. The lowest BCUT2D eigenvalue weighted by molar-refractivity contribution is 0.219. The molecule has 0 saturated carbocycles. The van der Waals surface area contributed by atoms with Gasteiger partial charge in [0, 0.05) is 19.1 Å². The summed E-state index contributed by atoms with van der Waals surface area (Å²) >= 11 is 9.28. The highest BCUT2D eigenvalue weighted by atomic mass is 79.9. The Bertz CT molecular complexity index is 392. The fraction of sp³-hybridized carbons (Fsp3) is 0.615. The number of likely N-dealkylation sites (tertiary alicyclic amines) is 1. The molecule has 1 aromatic heterocycles. The lowest BCUT2D eigenvalue weighted by Crippen LogP contribution is -2.39. The van der Waals surface area contributed by atoms with Crippen LogP contribution in [0.15, 0.2) is 16.7 Å². The fourth-order valence-corrected chi connectivity index (χ4v) is 2.81. The Morgan fingerprint density at radius 2 is 2.22 bits per heavy atom. The molecule has 1 fully saturated rings. The molecule has 1 aliphatic heterocycles. The van der Waals surface area contributed by atoms with E-state index in [9.17, 15) is 0 Å². The molecule has 2 rings (SSSR count). The summed E-state index contributed by atoms with van der Waals surface area (Å²) in [7, 11) is 0. The van der Waals surface area contributed by atoms with Crippen LogP contribution in [-0.4, -0.2) is 35.6 Å². The van der Waals surface area contributed by atoms with Crippen molar-refractivity contribution in [3.63, 3.8) is 0 Å². The maximum atomic E-state index is 5.88. The van der Waals surface area contributed by atoms with Crippen molar-refractivity contribution >= 4 is 33.2 Å². The maximum Gasteiger partial charge on any atom is 0.143 e. The standard InChI is InChI=1S/C13H19BrClN3/c1-2-5-18-6-3-10(4-7-18)17-11-8-12(14)13(15)16-9-11/h8-10,17H,2-7H2,1H3. The van der Waals surface area contributed by atoms with Gasteiger partial charge >= 0.3 is 0 Å². The highest BCUT2D eigenvalue weighted by Crippen LogP contribution is 2.24. The fourth-order valence-electron chi connectivity index (χ4n) is 2.35. The number of hydrogen-bond donors (Lipinski definition) is 1. The van der Waals surface area contributed by atoms with Crippen LogP contribution in [0.25, 0.3) is 0 Å². The molecule has 0 amide bonds. The Balaban J connectivity index is 1.85. The van der Waals surface area contributed by atoms with Crippen LogP contribution in [0.4, 0.5) is 5.69 Å². The molecule has 0 unspecified atom stereocenters. The van der Waals surface area contributed by atoms with E-state index in [1.54, 1.807) is 6.20 Å². The monoisotopic (exact) mass is 331 g/mol. The summed E-state index contributed by atoms with van der Waals surface area (Å²) in [5.41, 5.74) is 1.04. The summed E-state index contributed by atoms with van der Waals surface area (Å²) in [6.45, 7) is 5.84. The average Bonchev–Trinajstić information content (AvgIpc) is 2.37. The molecular weight excluding hydrogens is 314 g/mol. The highest BCUT2D eigenvalue weighted by molar-refractivity contribution is 9.10. The molecule has 0 aromatic carbocycles. The average molecular weight is 333 g/mol. The van der Waals surface area contributed by atoms with Gasteiger partial charge in [0.2, 0.25) is 0 Å². The number of pyridine rings is 1. The first-order valence-corrected chi connectivity index (χ1v) is 7.66. The molecular formula is C13H19BrClN3. The molecule has 0 spiro atoms. The number of nitrogens with zero attached hydrogens (tertiary/aromatic N) is 2. The second kappa shape index (κ2) is 6.73. The minimum Gasteiger partial charge on any atom is -0.381 e. The lowest BCUT2D eigenvalue weighted by atomic mass is 10.0. The van der Waals surface area contributed by atoms with E-state index in [1.165, 1.54) is 38.9 Å². The number of piperidine rings is 1. The number of nitrogens with one attached hydrogen (secondary N) is 1. The zero-order valence-corrected chi connectivity index (χ0v) is 13.0. The first kappa shape index (κ1) is 14.1. The largest absolute Gasteiger partial charge is 0.381 e. The van der Waals surface area contributed by atoms with Crippen LogP contribution in [0, 0.1) is 0 Å². The molecule has 2 heterocycles. The number of halogens is 2. The predicted molar refractivity (Wildman–Crippen MR) is 80.3 cm³/mol. The molecule has 0 radical (unpaired) electrons. The van der Waals surface area contributed by atoms with E-state index in [0.29, 0.717) is 11.2 Å². The van der Waals surface area contributed by atoms with Gasteiger partial charge in [0.05, 0.1) is 16.4 Å². The first-order chi connectivity index (χ1) is 8.69. The molecule has 1 aliphatic rings. The van der Waals surface area contributed by atoms with E-state index in [1.807, 2.05) is 6.07 Å². The Morgan fingerprint density at radius 1 is 1.50 bits per heavy atom. The Kier molecular flexibility index (Phi) is 5.27. The van der Waals surface area contributed by atoms with Gasteiger partial charge < -0.3 is 10.2 Å². The SMILES string of the molecule is CCCN1CCC(Nc2cnc(Cl)c(Br)c2)CC1. The quantitative estimate of drug-likeness (QED) is 0.850. The zero-order valence-electron chi connectivity index (χ0n) is 10.6. The molecule has 0 bridgehead atoms. The van der Waals surface area contributed by atoms with Crippen LogP contribution in [0.1, 0.15) is 26.2 Å². The van der Waals surface area contributed by atoms with Gasteiger partial charge in [0.25, 0.3) is 0 Å². The van der Waals surface area contributed by atoms with Crippen molar-refractivity contribution in [2.24, 2.45) is 0 Å². The summed E-state index contributed by atoms with van der Waals surface area (Å²) in [5.74, 6) is 0. The van der Waals surface area contributed by atoms with E-state index in [-0.39, 0.29) is 0 Å². The number of hydrogen-bond acceptors (Lipinski definition) is 3. The summed E-state index contributed by atoms with van der Waals surface area (Å²) in [6, 6.07) is 2.54. The minimum atomic E-state index is 0.512. The van der Waals surface area contributed by atoms with Crippen LogP contribution >= 0.6 is 27.5 Å². The smallest absolute Gasteiger partial charge is 0.143 e. The molecule has 1 N–H and O–H groups in total. The van der Waals surface area contributed by atoms with Crippen molar-refractivity contribution < 1.29 is 0 Å². The molecule has 5 heteroatoms. The number of rotatable bonds is 4. The van der Waals surface area contributed by atoms with Crippen LogP contribution < -0.4 is 5.32 Å². The van der Waals surface area contributed by atoms with E-state index < -0.39 is 0 Å². The second-order valence-electron chi connectivity index (χ2n) is 4.76. The predicted octanol–water partition coefficient (Wildman–Crippen LogP) is 3.78. The molecule has 100 valence electrons. The molecule has 1 aromatic rings. The number of anilines is 1. The topological polar surface area (TPSA) is 28.2 Å². The number of aromatic nitrogens is 1. The molecule has 0 atom stereocenters. The molecule has 0 aliphatic carbocycles. The van der Waals surface area contributed by atoms with Crippen molar-refractivity contribution in [3.05, 3.63) is 21.9 Å². The third-order valence-corrected chi connectivity index (χ3v) is 4.43. The van der Waals surface area contributed by atoms with Crippen molar-refractivity contribution in [2.75, 3.05) is 25.0 Å². The van der Waals surface area contributed by atoms with E-state index in [0.717, 1.165) is 10.2 Å². The zero-order chi connectivity index (χ0) is 13.0. The maximum absolute atomic E-state index is 5.88. The van der Waals surface area contributed by atoms with Crippen molar-refractivity contribution in [1.29, 1.82) is 0 Å². The Hall–Kier alpha value is -0.320. The van der Waals surface area contributed by atoms with Gasteiger partial charge in [0.1, 0.15) is 5.15 Å². The van der Waals surface area contributed by atoms with Gasteiger partial charge in [-0.3, -0.25) is 0 Å².